The highest BCUT2D eigenvalue weighted by molar-refractivity contribution is 5.77. The Kier molecular flexibility index (Phi) is 6.80. The fraction of sp³-hybridized carbons (Fsp3) is 0.409. The molecular formula is C22H25F2NO2. The van der Waals surface area contributed by atoms with Gasteiger partial charge in [-0.05, 0) is 35.6 Å². The van der Waals surface area contributed by atoms with Gasteiger partial charge in [-0.1, -0.05) is 68.1 Å². The number of halogens is 2. The fourth-order valence-electron chi connectivity index (χ4n) is 3.71. The van der Waals surface area contributed by atoms with E-state index in [0.717, 1.165) is 17.5 Å². The summed E-state index contributed by atoms with van der Waals surface area (Å²) in [7, 11) is 0. The Morgan fingerprint density at radius 3 is 2.26 bits per heavy atom. The zero-order chi connectivity index (χ0) is 19.1. The molecule has 27 heavy (non-hydrogen) atoms. The molecule has 3 nitrogen and oxygen atoms in total. The van der Waals surface area contributed by atoms with Crippen molar-refractivity contribution < 1.29 is 18.3 Å². The van der Waals surface area contributed by atoms with E-state index in [2.05, 4.69) is 10.1 Å². The third kappa shape index (κ3) is 5.78. The lowest BCUT2D eigenvalue weighted by Gasteiger charge is -2.21. The van der Waals surface area contributed by atoms with E-state index in [4.69, 9.17) is 0 Å². The van der Waals surface area contributed by atoms with E-state index in [1.165, 1.54) is 37.8 Å². The molecule has 2 aromatic rings. The Balaban J connectivity index is 1.70. The average Bonchev–Trinajstić information content (AvgIpc) is 3.19. The van der Waals surface area contributed by atoms with E-state index in [1.807, 2.05) is 30.3 Å². The van der Waals surface area contributed by atoms with Crippen molar-refractivity contribution in [2.45, 2.75) is 51.2 Å². The molecule has 1 unspecified atom stereocenters. The van der Waals surface area contributed by atoms with Crippen LogP contribution in [0.2, 0.25) is 0 Å². The molecule has 0 aliphatic heterocycles. The molecule has 0 saturated heterocycles. The van der Waals surface area contributed by atoms with E-state index in [-0.39, 0.29) is 17.7 Å². The number of rotatable bonds is 8. The molecule has 144 valence electrons. The Hall–Kier alpha value is -2.43. The molecule has 1 atom stereocenters. The lowest BCUT2D eigenvalue weighted by atomic mass is 9.97. The second-order valence-corrected chi connectivity index (χ2v) is 7.05. The van der Waals surface area contributed by atoms with Gasteiger partial charge in [0.15, 0.2) is 0 Å². The van der Waals surface area contributed by atoms with Gasteiger partial charge < -0.3 is 10.1 Å². The van der Waals surface area contributed by atoms with Gasteiger partial charge in [0.25, 0.3) is 0 Å². The fourth-order valence-corrected chi connectivity index (χ4v) is 3.71. The van der Waals surface area contributed by atoms with E-state index < -0.39 is 6.61 Å². The third-order valence-electron chi connectivity index (χ3n) is 5.13. The number of benzene rings is 2. The van der Waals surface area contributed by atoms with Crippen LogP contribution in [-0.2, 0) is 4.79 Å². The van der Waals surface area contributed by atoms with Crippen LogP contribution in [0.25, 0.3) is 0 Å². The van der Waals surface area contributed by atoms with Crippen LogP contribution in [0.5, 0.6) is 5.75 Å². The predicted molar refractivity (Wildman–Crippen MR) is 101 cm³/mol. The molecular weight excluding hydrogens is 348 g/mol. The summed E-state index contributed by atoms with van der Waals surface area (Å²) in [5, 5.41) is 3.11. The van der Waals surface area contributed by atoms with Crippen LogP contribution >= 0.6 is 0 Å². The number of carbonyl (C=O) groups excluding carboxylic acids is 1. The molecule has 3 rings (SSSR count). The maximum absolute atomic E-state index is 12.5. The molecule has 0 spiro atoms. The number of nitrogens with one attached hydrogen (secondary N) is 1. The predicted octanol–water partition coefficient (Wildman–Crippen LogP) is 5.46. The van der Waals surface area contributed by atoms with Gasteiger partial charge in [0.1, 0.15) is 5.75 Å². The first kappa shape index (κ1) is 19.3. The van der Waals surface area contributed by atoms with Gasteiger partial charge in [0.05, 0.1) is 6.04 Å². The summed E-state index contributed by atoms with van der Waals surface area (Å²) in [4.78, 5) is 12.5. The lowest BCUT2D eigenvalue weighted by Crippen LogP contribution is -2.29. The number of hydrogen-bond acceptors (Lipinski definition) is 2. The number of amides is 1. The normalized spacial score (nSPS) is 15.7. The number of hydrogen-bond donors (Lipinski definition) is 1. The zero-order valence-corrected chi connectivity index (χ0v) is 15.2. The smallest absolute Gasteiger partial charge is 0.387 e. The lowest BCUT2D eigenvalue weighted by molar-refractivity contribution is -0.121. The highest BCUT2D eigenvalue weighted by Gasteiger charge is 2.20. The number of carbonyl (C=O) groups is 1. The van der Waals surface area contributed by atoms with Crippen LogP contribution in [0.3, 0.4) is 0 Å². The van der Waals surface area contributed by atoms with E-state index in [9.17, 15) is 13.6 Å². The van der Waals surface area contributed by atoms with Crippen molar-refractivity contribution in [2.75, 3.05) is 0 Å². The third-order valence-corrected chi connectivity index (χ3v) is 5.13. The maximum atomic E-state index is 12.5. The minimum Gasteiger partial charge on any atom is -0.435 e. The highest BCUT2D eigenvalue weighted by atomic mass is 19.3. The summed E-state index contributed by atoms with van der Waals surface area (Å²) in [5.41, 5.74) is 1.78. The minimum absolute atomic E-state index is 0.0173. The molecule has 2 aromatic carbocycles. The van der Waals surface area contributed by atoms with Crippen molar-refractivity contribution in [2.24, 2.45) is 5.92 Å². The summed E-state index contributed by atoms with van der Waals surface area (Å²) in [5.74, 6) is 0.786. The molecule has 0 aromatic heterocycles. The first-order valence-electron chi connectivity index (χ1n) is 9.51. The van der Waals surface area contributed by atoms with Crippen LogP contribution in [0, 0.1) is 5.92 Å². The molecule has 1 N–H and O–H groups in total. The van der Waals surface area contributed by atoms with Crippen molar-refractivity contribution in [3.8, 4) is 5.75 Å². The van der Waals surface area contributed by atoms with Crippen molar-refractivity contribution in [1.82, 2.24) is 5.32 Å². The van der Waals surface area contributed by atoms with Gasteiger partial charge >= 0.3 is 6.61 Å². The molecule has 5 heteroatoms. The van der Waals surface area contributed by atoms with Gasteiger partial charge in [-0.3, -0.25) is 4.79 Å². The molecule has 1 amide bonds. The summed E-state index contributed by atoms with van der Waals surface area (Å²) in [6, 6.07) is 15.8. The molecule has 1 aliphatic carbocycles. The molecule has 0 heterocycles. The van der Waals surface area contributed by atoms with Gasteiger partial charge in [-0.25, -0.2) is 0 Å². The van der Waals surface area contributed by atoms with Crippen molar-refractivity contribution in [1.29, 1.82) is 0 Å². The molecule has 1 fully saturated rings. The van der Waals surface area contributed by atoms with Crippen molar-refractivity contribution >= 4 is 5.91 Å². The molecule has 1 aliphatic rings. The number of ether oxygens (including phenoxy) is 1. The Labute approximate surface area is 158 Å². The van der Waals surface area contributed by atoms with Crippen LogP contribution in [0.1, 0.15) is 55.7 Å². The second kappa shape index (κ2) is 9.49. The molecule has 0 bridgehead atoms. The second-order valence-electron chi connectivity index (χ2n) is 7.05. The largest absolute Gasteiger partial charge is 0.435 e. The monoisotopic (exact) mass is 373 g/mol. The van der Waals surface area contributed by atoms with Crippen LogP contribution < -0.4 is 10.1 Å². The number of alkyl halides is 2. The Morgan fingerprint density at radius 2 is 1.63 bits per heavy atom. The van der Waals surface area contributed by atoms with E-state index >= 15 is 0 Å². The summed E-state index contributed by atoms with van der Waals surface area (Å²) >= 11 is 0. The van der Waals surface area contributed by atoms with Crippen LogP contribution in [-0.4, -0.2) is 12.5 Å². The minimum atomic E-state index is -2.85. The first-order valence-corrected chi connectivity index (χ1v) is 9.51. The summed E-state index contributed by atoms with van der Waals surface area (Å²) < 4.78 is 29.1. The zero-order valence-electron chi connectivity index (χ0n) is 15.2. The van der Waals surface area contributed by atoms with Crippen molar-refractivity contribution in [3.05, 3.63) is 65.7 Å². The van der Waals surface area contributed by atoms with Crippen LogP contribution in [0.4, 0.5) is 8.78 Å². The van der Waals surface area contributed by atoms with E-state index in [1.54, 1.807) is 12.1 Å². The first-order chi connectivity index (χ1) is 13.1. The standard InChI is InChI=1S/C22H25F2NO2/c23-22(24)27-19-13-11-18(12-14-19)21(17-8-2-1-3-9-17)25-20(26)15-10-16-6-4-5-7-16/h1-3,8-9,11-14,16,21-22H,4-7,10,15H2,(H,25,26). The summed E-state index contributed by atoms with van der Waals surface area (Å²) in [6.07, 6.45) is 6.43. The van der Waals surface area contributed by atoms with Gasteiger partial charge in [0.2, 0.25) is 5.91 Å². The Morgan fingerprint density at radius 1 is 1.00 bits per heavy atom. The Bertz CT molecular complexity index is 713. The quantitative estimate of drug-likeness (QED) is 0.667. The van der Waals surface area contributed by atoms with Gasteiger partial charge in [0, 0.05) is 6.42 Å². The summed E-state index contributed by atoms with van der Waals surface area (Å²) in [6.45, 7) is -2.85. The van der Waals surface area contributed by atoms with E-state index in [0.29, 0.717) is 12.3 Å². The highest BCUT2D eigenvalue weighted by Crippen LogP contribution is 2.29. The van der Waals surface area contributed by atoms with Crippen LogP contribution in [0.15, 0.2) is 54.6 Å². The van der Waals surface area contributed by atoms with Gasteiger partial charge in [-0.15, -0.1) is 0 Å². The molecule has 1 saturated carbocycles. The molecule has 0 radical (unpaired) electrons. The maximum Gasteiger partial charge on any atom is 0.387 e. The topological polar surface area (TPSA) is 38.3 Å². The van der Waals surface area contributed by atoms with Gasteiger partial charge in [-0.2, -0.15) is 8.78 Å². The van der Waals surface area contributed by atoms with Crippen molar-refractivity contribution in [3.63, 3.8) is 0 Å². The SMILES string of the molecule is O=C(CCC1CCCC1)NC(c1ccccc1)c1ccc(OC(F)F)cc1. The average molecular weight is 373 g/mol.